The van der Waals surface area contributed by atoms with Crippen molar-refractivity contribution in [3.8, 4) is 0 Å². The van der Waals surface area contributed by atoms with Crippen LogP contribution in [0.2, 0.25) is 0 Å². The smallest absolute Gasteiger partial charge is 0.317 e. The van der Waals surface area contributed by atoms with Crippen molar-refractivity contribution in [2.45, 2.75) is 13.1 Å². The van der Waals surface area contributed by atoms with Gasteiger partial charge in [-0.25, -0.2) is 9.78 Å². The SMILES string of the molecule is O=C(NCc1ccccc1)N1CCN(Cc2cnc3ccccn23)CC1. The molecule has 0 bridgehead atoms. The Balaban J connectivity index is 1.28. The molecule has 0 unspecified atom stereocenters. The molecule has 3 heterocycles. The van der Waals surface area contributed by atoms with Crippen LogP contribution in [0.3, 0.4) is 0 Å². The number of nitrogens with one attached hydrogen (secondary N) is 1. The first-order valence-electron chi connectivity index (χ1n) is 8.99. The van der Waals surface area contributed by atoms with Crippen LogP contribution in [0.4, 0.5) is 4.79 Å². The summed E-state index contributed by atoms with van der Waals surface area (Å²) in [4.78, 5) is 21.1. The van der Waals surface area contributed by atoms with Crippen LogP contribution in [0.15, 0.2) is 60.9 Å². The fourth-order valence-electron chi connectivity index (χ4n) is 3.33. The zero-order valence-corrected chi connectivity index (χ0v) is 14.7. The number of piperazine rings is 1. The van der Waals surface area contributed by atoms with Crippen molar-refractivity contribution >= 4 is 11.7 Å². The molecule has 1 aliphatic rings. The molecular weight excluding hydrogens is 326 g/mol. The second-order valence-corrected chi connectivity index (χ2v) is 6.59. The molecule has 2 amide bonds. The van der Waals surface area contributed by atoms with E-state index in [1.807, 2.05) is 65.8 Å². The number of hydrogen-bond acceptors (Lipinski definition) is 3. The van der Waals surface area contributed by atoms with Crippen molar-refractivity contribution in [3.05, 3.63) is 72.2 Å². The maximum absolute atomic E-state index is 12.4. The van der Waals surface area contributed by atoms with E-state index in [9.17, 15) is 4.79 Å². The van der Waals surface area contributed by atoms with E-state index in [1.165, 1.54) is 5.69 Å². The second-order valence-electron chi connectivity index (χ2n) is 6.59. The monoisotopic (exact) mass is 349 g/mol. The molecule has 1 saturated heterocycles. The number of amides is 2. The van der Waals surface area contributed by atoms with Crippen LogP contribution in [0.25, 0.3) is 5.65 Å². The van der Waals surface area contributed by atoms with Crippen LogP contribution in [-0.2, 0) is 13.1 Å². The lowest BCUT2D eigenvalue weighted by Gasteiger charge is -2.34. The summed E-state index contributed by atoms with van der Waals surface area (Å²) in [6, 6.07) is 16.0. The molecule has 1 aliphatic heterocycles. The third kappa shape index (κ3) is 3.70. The number of pyridine rings is 1. The molecule has 0 radical (unpaired) electrons. The highest BCUT2D eigenvalue weighted by Crippen LogP contribution is 2.11. The summed E-state index contributed by atoms with van der Waals surface area (Å²) in [5.41, 5.74) is 3.27. The van der Waals surface area contributed by atoms with Gasteiger partial charge < -0.3 is 14.6 Å². The average molecular weight is 349 g/mol. The molecular formula is C20H23N5O. The maximum Gasteiger partial charge on any atom is 0.317 e. The second kappa shape index (κ2) is 7.58. The van der Waals surface area contributed by atoms with Gasteiger partial charge in [-0.15, -0.1) is 0 Å². The van der Waals surface area contributed by atoms with E-state index in [1.54, 1.807) is 0 Å². The number of carbonyl (C=O) groups is 1. The Morgan fingerprint density at radius 1 is 1.00 bits per heavy atom. The van der Waals surface area contributed by atoms with Gasteiger partial charge in [0.25, 0.3) is 0 Å². The minimum Gasteiger partial charge on any atom is -0.334 e. The molecule has 2 aromatic heterocycles. The molecule has 0 saturated carbocycles. The lowest BCUT2D eigenvalue weighted by molar-refractivity contribution is 0.134. The largest absolute Gasteiger partial charge is 0.334 e. The summed E-state index contributed by atoms with van der Waals surface area (Å²) in [5.74, 6) is 0. The highest BCUT2D eigenvalue weighted by atomic mass is 16.2. The van der Waals surface area contributed by atoms with Gasteiger partial charge in [-0.05, 0) is 17.7 Å². The Hall–Kier alpha value is -2.86. The number of benzene rings is 1. The third-order valence-corrected chi connectivity index (χ3v) is 4.83. The van der Waals surface area contributed by atoms with Crippen molar-refractivity contribution in [2.24, 2.45) is 0 Å². The van der Waals surface area contributed by atoms with Crippen LogP contribution < -0.4 is 5.32 Å². The Morgan fingerprint density at radius 3 is 2.58 bits per heavy atom. The van der Waals surface area contributed by atoms with E-state index in [-0.39, 0.29) is 6.03 Å². The van der Waals surface area contributed by atoms with E-state index < -0.39 is 0 Å². The summed E-state index contributed by atoms with van der Waals surface area (Å²) in [7, 11) is 0. The molecule has 1 aromatic carbocycles. The van der Waals surface area contributed by atoms with Crippen molar-refractivity contribution in [2.75, 3.05) is 26.2 Å². The highest BCUT2D eigenvalue weighted by Gasteiger charge is 2.21. The van der Waals surface area contributed by atoms with Gasteiger partial charge in [-0.1, -0.05) is 36.4 Å². The molecule has 6 nitrogen and oxygen atoms in total. The van der Waals surface area contributed by atoms with E-state index in [0.29, 0.717) is 6.54 Å². The quantitative estimate of drug-likeness (QED) is 0.787. The van der Waals surface area contributed by atoms with Gasteiger partial charge in [-0.2, -0.15) is 0 Å². The minimum absolute atomic E-state index is 0.0169. The Labute approximate surface area is 153 Å². The lowest BCUT2D eigenvalue weighted by Crippen LogP contribution is -2.51. The minimum atomic E-state index is 0.0169. The molecule has 1 N–H and O–H groups in total. The molecule has 0 aliphatic carbocycles. The van der Waals surface area contributed by atoms with Crippen LogP contribution in [0.1, 0.15) is 11.3 Å². The van der Waals surface area contributed by atoms with Crippen LogP contribution >= 0.6 is 0 Å². The predicted molar refractivity (Wildman–Crippen MR) is 101 cm³/mol. The number of rotatable bonds is 4. The maximum atomic E-state index is 12.4. The topological polar surface area (TPSA) is 52.9 Å². The number of aromatic nitrogens is 2. The zero-order chi connectivity index (χ0) is 17.8. The van der Waals surface area contributed by atoms with Gasteiger partial charge in [0.05, 0.1) is 11.9 Å². The van der Waals surface area contributed by atoms with Crippen molar-refractivity contribution in [1.29, 1.82) is 0 Å². The summed E-state index contributed by atoms with van der Waals surface area (Å²) < 4.78 is 2.12. The summed E-state index contributed by atoms with van der Waals surface area (Å²) in [5, 5.41) is 3.01. The van der Waals surface area contributed by atoms with E-state index in [0.717, 1.165) is 43.9 Å². The molecule has 134 valence electrons. The molecule has 3 aromatic rings. The van der Waals surface area contributed by atoms with E-state index in [2.05, 4.69) is 19.6 Å². The van der Waals surface area contributed by atoms with Crippen LogP contribution in [-0.4, -0.2) is 51.4 Å². The van der Waals surface area contributed by atoms with E-state index >= 15 is 0 Å². The normalized spacial score (nSPS) is 15.3. The lowest BCUT2D eigenvalue weighted by atomic mass is 10.2. The Kier molecular flexibility index (Phi) is 4.84. The first-order valence-corrected chi connectivity index (χ1v) is 8.99. The number of hydrogen-bond donors (Lipinski definition) is 1. The fourth-order valence-corrected chi connectivity index (χ4v) is 3.33. The van der Waals surface area contributed by atoms with Gasteiger partial charge >= 0.3 is 6.03 Å². The zero-order valence-electron chi connectivity index (χ0n) is 14.7. The van der Waals surface area contributed by atoms with Crippen LogP contribution in [0, 0.1) is 0 Å². The van der Waals surface area contributed by atoms with Gasteiger partial charge in [-0.3, -0.25) is 4.90 Å². The summed E-state index contributed by atoms with van der Waals surface area (Å²) in [6.45, 7) is 4.67. The van der Waals surface area contributed by atoms with E-state index in [4.69, 9.17) is 0 Å². The first-order chi connectivity index (χ1) is 12.8. The van der Waals surface area contributed by atoms with Gasteiger partial charge in [0.1, 0.15) is 5.65 Å². The van der Waals surface area contributed by atoms with Crippen molar-refractivity contribution in [3.63, 3.8) is 0 Å². The fraction of sp³-hybridized carbons (Fsp3) is 0.300. The van der Waals surface area contributed by atoms with Gasteiger partial charge in [0.15, 0.2) is 0 Å². The number of carbonyl (C=O) groups excluding carboxylic acids is 1. The average Bonchev–Trinajstić information content (AvgIpc) is 3.10. The van der Waals surface area contributed by atoms with Crippen LogP contribution in [0.5, 0.6) is 0 Å². The summed E-state index contributed by atoms with van der Waals surface area (Å²) >= 11 is 0. The highest BCUT2D eigenvalue weighted by molar-refractivity contribution is 5.74. The molecule has 0 atom stereocenters. The van der Waals surface area contributed by atoms with Gasteiger partial charge in [0.2, 0.25) is 0 Å². The molecule has 6 heteroatoms. The van der Waals surface area contributed by atoms with Crippen molar-refractivity contribution in [1.82, 2.24) is 24.5 Å². The number of imidazole rings is 1. The predicted octanol–water partition coefficient (Wildman–Crippen LogP) is 2.36. The van der Waals surface area contributed by atoms with Gasteiger partial charge in [0, 0.05) is 45.5 Å². The number of fused-ring (bicyclic) bond motifs is 1. The molecule has 4 rings (SSSR count). The van der Waals surface area contributed by atoms with Crippen molar-refractivity contribution < 1.29 is 4.79 Å². The third-order valence-electron chi connectivity index (χ3n) is 4.83. The molecule has 1 fully saturated rings. The Morgan fingerprint density at radius 2 is 1.77 bits per heavy atom. The Bertz CT molecular complexity index is 868. The molecule has 0 spiro atoms. The summed E-state index contributed by atoms with van der Waals surface area (Å²) in [6.07, 6.45) is 3.99. The number of nitrogens with zero attached hydrogens (tertiary/aromatic N) is 4. The number of urea groups is 1. The molecule has 26 heavy (non-hydrogen) atoms. The standard InChI is InChI=1S/C20H23N5O/c26-20(22-14-17-6-2-1-3-7-17)24-12-10-23(11-13-24)16-18-15-21-19-8-4-5-9-25(18)19/h1-9,15H,10-14,16H2,(H,22,26). The first kappa shape index (κ1) is 16.6.